The van der Waals surface area contributed by atoms with E-state index in [9.17, 15) is 14.4 Å². The summed E-state index contributed by atoms with van der Waals surface area (Å²) in [6, 6.07) is 0. The number of carbonyl (C=O) groups is 3. The fourth-order valence-electron chi connectivity index (χ4n) is 1.72. The fraction of sp³-hybridized carbons (Fsp3) is 0.182. The molecule has 2 rings (SSSR count). The number of aliphatic carboxylic acids is 2. The van der Waals surface area contributed by atoms with Crippen LogP contribution in [0.25, 0.3) is 0 Å². The highest BCUT2D eigenvalue weighted by Gasteiger charge is 2.41. The molecule has 8 nitrogen and oxygen atoms in total. The van der Waals surface area contributed by atoms with Gasteiger partial charge in [0, 0.05) is 0 Å². The van der Waals surface area contributed by atoms with Crippen LogP contribution < -0.4 is 5.43 Å². The van der Waals surface area contributed by atoms with Crippen molar-refractivity contribution in [2.75, 3.05) is 0 Å². The second-order valence-corrected chi connectivity index (χ2v) is 5.08. The van der Waals surface area contributed by atoms with Gasteiger partial charge in [0.2, 0.25) is 0 Å². The minimum absolute atomic E-state index is 0.0268. The average Bonchev–Trinajstić information content (AvgIpc) is 2.71. The largest absolute Gasteiger partial charge is 0.478 e. The molecule has 9 heteroatoms. The van der Waals surface area contributed by atoms with Crippen molar-refractivity contribution in [3.05, 3.63) is 22.6 Å². The van der Waals surface area contributed by atoms with E-state index >= 15 is 0 Å². The number of carbonyl (C=O) groups excluding carboxylic acids is 1. The van der Waals surface area contributed by atoms with Crippen LogP contribution in [0.5, 0.6) is 0 Å². The summed E-state index contributed by atoms with van der Waals surface area (Å²) in [4.78, 5) is 36.9. The number of thioether (sulfide) groups is 1. The van der Waals surface area contributed by atoms with Gasteiger partial charge in [-0.2, -0.15) is 5.10 Å². The molecular weight excluding hydrogens is 286 g/mol. The molecule has 0 bridgehead atoms. The van der Waals surface area contributed by atoms with Gasteiger partial charge in [-0.1, -0.05) is 6.08 Å². The van der Waals surface area contributed by atoms with Crippen molar-refractivity contribution in [1.29, 1.82) is 0 Å². The first-order valence-corrected chi connectivity index (χ1v) is 6.16. The normalized spacial score (nSPS) is 24.9. The van der Waals surface area contributed by atoms with Crippen molar-refractivity contribution >= 4 is 40.9 Å². The molecule has 0 saturated carbocycles. The van der Waals surface area contributed by atoms with E-state index in [0.717, 1.165) is 11.8 Å². The lowest BCUT2D eigenvalue weighted by Gasteiger charge is -2.29. The lowest BCUT2D eigenvalue weighted by atomic mass is 9.88. The molecule has 3 N–H and O–H groups in total. The van der Waals surface area contributed by atoms with E-state index in [1.165, 1.54) is 12.2 Å². The van der Waals surface area contributed by atoms with Gasteiger partial charge in [0.15, 0.2) is 0 Å². The van der Waals surface area contributed by atoms with E-state index in [4.69, 9.17) is 10.2 Å². The molecule has 0 saturated heterocycles. The minimum Gasteiger partial charge on any atom is -0.478 e. The molecule has 1 amide bonds. The van der Waals surface area contributed by atoms with E-state index in [1.54, 1.807) is 6.92 Å². The SMILES string of the molecule is CC1(NN=CC(=O)O)C=CC(C(=O)O)=C2SC(=O)N=C21. The predicted octanol–water partition coefficient (Wildman–Crippen LogP) is 0.621. The van der Waals surface area contributed by atoms with Crippen LogP contribution in [-0.2, 0) is 9.59 Å². The average molecular weight is 295 g/mol. The maximum atomic E-state index is 11.4. The van der Waals surface area contributed by atoms with Crippen LogP contribution in [0.15, 0.2) is 32.7 Å². The Morgan fingerprint density at radius 3 is 2.80 bits per heavy atom. The summed E-state index contributed by atoms with van der Waals surface area (Å²) in [6.45, 7) is 1.61. The molecule has 1 aliphatic heterocycles. The molecule has 1 atom stereocenters. The van der Waals surface area contributed by atoms with Gasteiger partial charge >= 0.3 is 17.2 Å². The van der Waals surface area contributed by atoms with Crippen molar-refractivity contribution in [1.82, 2.24) is 5.43 Å². The van der Waals surface area contributed by atoms with Crippen molar-refractivity contribution in [3.63, 3.8) is 0 Å². The van der Waals surface area contributed by atoms with Gasteiger partial charge in [0.05, 0.1) is 16.2 Å². The molecule has 2 aliphatic rings. The summed E-state index contributed by atoms with van der Waals surface area (Å²) < 4.78 is 0. The maximum absolute atomic E-state index is 11.4. The van der Waals surface area contributed by atoms with Crippen LogP contribution in [0.3, 0.4) is 0 Å². The number of aliphatic imine (C=N–C) groups is 1. The number of hydrogen-bond donors (Lipinski definition) is 3. The Morgan fingerprint density at radius 2 is 2.20 bits per heavy atom. The monoisotopic (exact) mass is 295 g/mol. The standard InChI is InChI=1S/C11H9N3O5S/c1-11(14-12-4-6(15)16)3-2-5(9(17)18)7-8(11)13-10(19)20-7/h2-4,14H,1H3,(H,15,16)(H,17,18). The summed E-state index contributed by atoms with van der Waals surface area (Å²) in [7, 11) is 0. The fourth-order valence-corrected chi connectivity index (χ4v) is 2.65. The third kappa shape index (κ3) is 2.48. The summed E-state index contributed by atoms with van der Waals surface area (Å²) in [5.41, 5.74) is 1.71. The first-order valence-electron chi connectivity index (χ1n) is 5.35. The van der Waals surface area contributed by atoms with Crippen LogP contribution in [0.1, 0.15) is 6.92 Å². The molecular formula is C11H9N3O5S. The van der Waals surface area contributed by atoms with Gasteiger partial charge in [0.25, 0.3) is 0 Å². The first kappa shape index (κ1) is 14.0. The van der Waals surface area contributed by atoms with E-state index in [2.05, 4.69) is 15.5 Å². The zero-order valence-corrected chi connectivity index (χ0v) is 11.0. The van der Waals surface area contributed by atoms with E-state index < -0.39 is 22.7 Å². The first-order chi connectivity index (χ1) is 9.33. The number of carboxylic acids is 2. The molecule has 0 spiro atoms. The smallest absolute Gasteiger partial charge is 0.348 e. The highest BCUT2D eigenvalue weighted by Crippen LogP contribution is 2.38. The molecule has 1 heterocycles. The van der Waals surface area contributed by atoms with Crippen LogP contribution in [0.2, 0.25) is 0 Å². The van der Waals surface area contributed by atoms with Crippen molar-refractivity contribution in [2.24, 2.45) is 10.1 Å². The third-order valence-electron chi connectivity index (χ3n) is 2.63. The second-order valence-electron chi connectivity index (χ2n) is 4.12. The minimum atomic E-state index is -1.23. The predicted molar refractivity (Wildman–Crippen MR) is 71.9 cm³/mol. The summed E-state index contributed by atoms with van der Waals surface area (Å²) in [5, 5.41) is 20.6. The Bertz CT molecular complexity index is 634. The Hall–Kier alpha value is -2.42. The van der Waals surface area contributed by atoms with Crippen molar-refractivity contribution in [3.8, 4) is 0 Å². The zero-order chi connectivity index (χ0) is 14.9. The van der Waals surface area contributed by atoms with E-state index in [1.807, 2.05) is 0 Å². The van der Waals surface area contributed by atoms with E-state index in [-0.39, 0.29) is 16.2 Å². The number of carboxylic acid groups (broad SMARTS) is 2. The number of amides is 1. The molecule has 20 heavy (non-hydrogen) atoms. The number of hydrogen-bond acceptors (Lipinski definition) is 6. The summed E-state index contributed by atoms with van der Waals surface area (Å²) in [6.07, 6.45) is 3.46. The van der Waals surface area contributed by atoms with Crippen LogP contribution in [0.4, 0.5) is 4.79 Å². The zero-order valence-electron chi connectivity index (χ0n) is 10.2. The Kier molecular flexibility index (Phi) is 3.45. The van der Waals surface area contributed by atoms with Gasteiger partial charge in [0.1, 0.15) is 11.8 Å². The van der Waals surface area contributed by atoms with Gasteiger partial charge in [-0.3, -0.25) is 10.2 Å². The number of nitrogens with zero attached hydrogens (tertiary/aromatic N) is 2. The molecule has 104 valence electrons. The Labute approximate surface area is 117 Å². The van der Waals surface area contributed by atoms with Crippen LogP contribution in [0, 0.1) is 0 Å². The maximum Gasteiger partial charge on any atom is 0.348 e. The Balaban J connectivity index is 2.38. The van der Waals surface area contributed by atoms with E-state index in [0.29, 0.717) is 6.21 Å². The molecule has 0 fully saturated rings. The quantitative estimate of drug-likeness (QED) is 0.512. The van der Waals surface area contributed by atoms with Crippen molar-refractivity contribution in [2.45, 2.75) is 12.5 Å². The molecule has 0 aromatic heterocycles. The van der Waals surface area contributed by atoms with Gasteiger partial charge in [-0.05, 0) is 24.8 Å². The number of nitrogens with one attached hydrogen (secondary N) is 1. The summed E-state index contributed by atoms with van der Waals surface area (Å²) >= 11 is 0.725. The summed E-state index contributed by atoms with van der Waals surface area (Å²) in [5.74, 6) is -2.40. The highest BCUT2D eigenvalue weighted by atomic mass is 32.2. The van der Waals surface area contributed by atoms with Gasteiger partial charge in [-0.15, -0.1) is 0 Å². The number of rotatable bonds is 4. The number of hydrazone groups is 1. The highest BCUT2D eigenvalue weighted by molar-refractivity contribution is 8.18. The molecule has 0 aromatic rings. The van der Waals surface area contributed by atoms with Gasteiger partial charge in [-0.25, -0.2) is 14.6 Å². The lowest BCUT2D eigenvalue weighted by Crippen LogP contribution is -2.47. The topological polar surface area (TPSA) is 128 Å². The molecule has 1 unspecified atom stereocenters. The van der Waals surface area contributed by atoms with Crippen LogP contribution >= 0.6 is 11.8 Å². The molecule has 1 aliphatic carbocycles. The lowest BCUT2D eigenvalue weighted by molar-refractivity contribution is -0.132. The molecule has 0 radical (unpaired) electrons. The van der Waals surface area contributed by atoms with Crippen LogP contribution in [-0.4, -0.2) is 44.9 Å². The molecule has 0 aromatic carbocycles. The van der Waals surface area contributed by atoms with Gasteiger partial charge < -0.3 is 10.2 Å². The second kappa shape index (κ2) is 4.93. The third-order valence-corrected chi connectivity index (χ3v) is 3.51. The van der Waals surface area contributed by atoms with Crippen molar-refractivity contribution < 1.29 is 24.6 Å². The Morgan fingerprint density at radius 1 is 1.50 bits per heavy atom. The number of fused-ring (bicyclic) bond motifs is 1.